The summed E-state index contributed by atoms with van der Waals surface area (Å²) >= 11 is 5.91. The number of carboxylic acid groups (broad SMARTS) is 1. The normalized spacial score (nSPS) is 10.9. The van der Waals surface area contributed by atoms with Crippen molar-refractivity contribution in [1.82, 2.24) is 15.3 Å². The quantitative estimate of drug-likeness (QED) is 0.263. The molecule has 2 aromatic heterocycles. The fourth-order valence-electron chi connectivity index (χ4n) is 3.95. The molecule has 0 fully saturated rings. The lowest BCUT2D eigenvalue weighted by atomic mass is 9.99. The van der Waals surface area contributed by atoms with Crippen LogP contribution >= 0.6 is 11.6 Å². The zero-order chi connectivity index (χ0) is 25.5. The summed E-state index contributed by atoms with van der Waals surface area (Å²) in [5.41, 5.74) is 4.28. The molecule has 0 aliphatic heterocycles. The molecule has 0 spiro atoms. The van der Waals surface area contributed by atoms with E-state index in [1.165, 1.54) is 18.3 Å². The Kier molecular flexibility index (Phi) is 8.23. The Labute approximate surface area is 213 Å². The summed E-state index contributed by atoms with van der Waals surface area (Å²) in [6, 6.07) is 17.2. The molecule has 6 nitrogen and oxygen atoms in total. The minimum Gasteiger partial charge on any atom is -0.481 e. The third-order valence-corrected chi connectivity index (χ3v) is 6.08. The average Bonchev–Trinajstić information content (AvgIpc) is 2.87. The fraction of sp³-hybridized carbons (Fsp3) is 0.214. The monoisotopic (exact) mass is 505 g/mol. The van der Waals surface area contributed by atoms with E-state index in [1.807, 2.05) is 30.3 Å². The van der Waals surface area contributed by atoms with Gasteiger partial charge in [-0.05, 0) is 85.3 Å². The Morgan fingerprint density at radius 2 is 1.72 bits per heavy atom. The van der Waals surface area contributed by atoms with Crippen molar-refractivity contribution in [1.29, 1.82) is 0 Å². The van der Waals surface area contributed by atoms with Gasteiger partial charge in [-0.2, -0.15) is 0 Å². The predicted molar refractivity (Wildman–Crippen MR) is 138 cm³/mol. The molecule has 4 rings (SSSR count). The molecular weight excluding hydrogens is 481 g/mol. The maximum atomic E-state index is 13.5. The van der Waals surface area contributed by atoms with Crippen molar-refractivity contribution in [2.75, 3.05) is 6.54 Å². The first-order chi connectivity index (χ1) is 17.4. The van der Waals surface area contributed by atoms with Crippen LogP contribution in [-0.2, 0) is 17.6 Å². The van der Waals surface area contributed by atoms with E-state index < -0.39 is 5.97 Å². The Morgan fingerprint density at radius 3 is 2.44 bits per heavy atom. The second kappa shape index (κ2) is 11.7. The molecule has 0 atom stereocenters. The zero-order valence-corrected chi connectivity index (χ0v) is 20.3. The lowest BCUT2D eigenvalue weighted by Crippen LogP contribution is -2.25. The van der Waals surface area contributed by atoms with E-state index in [0.717, 1.165) is 16.7 Å². The first-order valence-electron chi connectivity index (χ1n) is 11.7. The molecule has 1 amide bonds. The molecule has 0 saturated carbocycles. The standard InChI is InChI=1S/C28H25ClFN3O3/c29-23-9-5-18(6-10-23)13-14-31-28(36)22-16-21-15-20(3-1-2-4-25(34)35)26(33-27(21)32-17-22)19-7-11-24(30)12-8-19/h5-12,15-17H,1-4,13-14H2,(H,31,36)(H,34,35). The highest BCUT2D eigenvalue weighted by atomic mass is 35.5. The number of rotatable bonds is 10. The molecule has 4 aromatic rings. The van der Waals surface area contributed by atoms with Gasteiger partial charge in [-0.15, -0.1) is 0 Å². The Morgan fingerprint density at radius 1 is 0.972 bits per heavy atom. The van der Waals surface area contributed by atoms with Gasteiger partial charge in [0, 0.05) is 35.1 Å². The fourth-order valence-corrected chi connectivity index (χ4v) is 4.07. The number of carboxylic acids is 1. The van der Waals surface area contributed by atoms with Gasteiger partial charge in [0.25, 0.3) is 5.91 Å². The van der Waals surface area contributed by atoms with Gasteiger partial charge < -0.3 is 10.4 Å². The number of carbonyl (C=O) groups excluding carboxylic acids is 1. The summed E-state index contributed by atoms with van der Waals surface area (Å²) in [5, 5.41) is 13.2. The minimum absolute atomic E-state index is 0.0921. The second-order valence-electron chi connectivity index (χ2n) is 8.51. The van der Waals surface area contributed by atoms with Gasteiger partial charge in [0.2, 0.25) is 0 Å². The highest BCUT2D eigenvalue weighted by molar-refractivity contribution is 6.30. The van der Waals surface area contributed by atoms with Gasteiger partial charge in [0.15, 0.2) is 5.65 Å². The number of nitrogens with zero attached hydrogens (tertiary/aromatic N) is 2. The van der Waals surface area contributed by atoms with Crippen LogP contribution in [0.15, 0.2) is 66.9 Å². The number of nitrogens with one attached hydrogen (secondary N) is 1. The molecule has 0 aliphatic carbocycles. The summed E-state index contributed by atoms with van der Waals surface area (Å²) < 4.78 is 13.5. The molecule has 0 bridgehead atoms. The molecule has 2 N–H and O–H groups in total. The summed E-state index contributed by atoms with van der Waals surface area (Å²) in [6.07, 6.45) is 4.05. The van der Waals surface area contributed by atoms with Crippen LogP contribution in [0.3, 0.4) is 0 Å². The number of fused-ring (bicyclic) bond motifs is 1. The number of aromatic nitrogens is 2. The van der Waals surface area contributed by atoms with E-state index in [-0.39, 0.29) is 18.1 Å². The number of aliphatic carboxylic acids is 1. The molecule has 0 radical (unpaired) electrons. The van der Waals surface area contributed by atoms with Crippen molar-refractivity contribution < 1.29 is 19.1 Å². The molecular formula is C28H25ClFN3O3. The second-order valence-corrected chi connectivity index (χ2v) is 8.94. The number of benzene rings is 2. The van der Waals surface area contributed by atoms with E-state index in [0.29, 0.717) is 59.5 Å². The summed E-state index contributed by atoms with van der Waals surface area (Å²) in [6.45, 7) is 0.467. The number of halogens is 2. The molecule has 184 valence electrons. The maximum absolute atomic E-state index is 13.5. The molecule has 2 heterocycles. The molecule has 8 heteroatoms. The van der Waals surface area contributed by atoms with Crippen LogP contribution in [0.4, 0.5) is 4.39 Å². The van der Waals surface area contributed by atoms with Crippen molar-refractivity contribution in [3.63, 3.8) is 0 Å². The van der Waals surface area contributed by atoms with E-state index in [4.69, 9.17) is 21.7 Å². The van der Waals surface area contributed by atoms with Crippen molar-refractivity contribution in [2.24, 2.45) is 0 Å². The van der Waals surface area contributed by atoms with Crippen molar-refractivity contribution in [3.05, 3.63) is 94.4 Å². The van der Waals surface area contributed by atoms with Gasteiger partial charge in [-0.1, -0.05) is 23.7 Å². The topological polar surface area (TPSA) is 92.2 Å². The van der Waals surface area contributed by atoms with Crippen LogP contribution in [-0.4, -0.2) is 33.5 Å². The largest absolute Gasteiger partial charge is 0.481 e. The first kappa shape index (κ1) is 25.3. The van der Waals surface area contributed by atoms with E-state index in [9.17, 15) is 14.0 Å². The van der Waals surface area contributed by atoms with E-state index in [2.05, 4.69) is 10.3 Å². The molecule has 36 heavy (non-hydrogen) atoms. The molecule has 0 unspecified atom stereocenters. The van der Waals surface area contributed by atoms with E-state index in [1.54, 1.807) is 18.2 Å². The van der Waals surface area contributed by atoms with Crippen molar-refractivity contribution in [3.8, 4) is 11.3 Å². The third-order valence-electron chi connectivity index (χ3n) is 5.83. The Hall–Kier alpha value is -3.84. The number of hydrogen-bond donors (Lipinski definition) is 2. The smallest absolute Gasteiger partial charge is 0.303 e. The number of amides is 1. The van der Waals surface area contributed by atoms with Crippen LogP contribution in [0.2, 0.25) is 5.02 Å². The minimum atomic E-state index is -0.832. The Balaban J connectivity index is 1.54. The third kappa shape index (κ3) is 6.64. The first-order valence-corrected chi connectivity index (χ1v) is 12.1. The van der Waals surface area contributed by atoms with Crippen LogP contribution in [0, 0.1) is 5.82 Å². The van der Waals surface area contributed by atoms with Gasteiger partial charge in [0.05, 0.1) is 11.3 Å². The lowest BCUT2D eigenvalue weighted by molar-refractivity contribution is -0.137. The number of hydrogen-bond acceptors (Lipinski definition) is 4. The van der Waals surface area contributed by atoms with Crippen LogP contribution in [0.1, 0.15) is 40.7 Å². The number of pyridine rings is 2. The zero-order valence-electron chi connectivity index (χ0n) is 19.5. The summed E-state index contributed by atoms with van der Waals surface area (Å²) in [4.78, 5) is 32.7. The van der Waals surface area contributed by atoms with Gasteiger partial charge >= 0.3 is 5.97 Å². The Bertz CT molecular complexity index is 1380. The maximum Gasteiger partial charge on any atom is 0.303 e. The van der Waals surface area contributed by atoms with Crippen LogP contribution < -0.4 is 5.32 Å². The van der Waals surface area contributed by atoms with Crippen molar-refractivity contribution in [2.45, 2.75) is 32.1 Å². The molecule has 0 aliphatic rings. The average molecular weight is 506 g/mol. The summed E-state index contributed by atoms with van der Waals surface area (Å²) in [7, 11) is 0. The number of carbonyl (C=O) groups is 2. The van der Waals surface area contributed by atoms with Crippen LogP contribution in [0.5, 0.6) is 0 Å². The van der Waals surface area contributed by atoms with Crippen LogP contribution in [0.25, 0.3) is 22.3 Å². The predicted octanol–water partition coefficient (Wildman–Crippen LogP) is 5.86. The number of aryl methyl sites for hydroxylation is 1. The van der Waals surface area contributed by atoms with Gasteiger partial charge in [0.1, 0.15) is 5.82 Å². The highest BCUT2D eigenvalue weighted by Crippen LogP contribution is 2.27. The van der Waals surface area contributed by atoms with E-state index >= 15 is 0 Å². The molecule has 2 aromatic carbocycles. The number of unbranched alkanes of at least 4 members (excludes halogenated alkanes) is 1. The SMILES string of the molecule is O=C(O)CCCCc1cc2cc(C(=O)NCCc3ccc(Cl)cc3)cnc2nc1-c1ccc(F)cc1. The van der Waals surface area contributed by atoms with Gasteiger partial charge in [-0.3, -0.25) is 9.59 Å². The van der Waals surface area contributed by atoms with Gasteiger partial charge in [-0.25, -0.2) is 14.4 Å². The summed E-state index contributed by atoms with van der Waals surface area (Å²) in [5.74, 6) is -1.40. The van der Waals surface area contributed by atoms with Crippen molar-refractivity contribution >= 4 is 34.5 Å². The lowest BCUT2D eigenvalue weighted by Gasteiger charge is -2.12. The molecule has 0 saturated heterocycles. The highest BCUT2D eigenvalue weighted by Gasteiger charge is 2.13.